The number of rotatable bonds is 3. The molecule has 4 heteroatoms. The van der Waals surface area contributed by atoms with Gasteiger partial charge in [-0.2, -0.15) is 0 Å². The van der Waals surface area contributed by atoms with E-state index >= 15 is 0 Å². The zero-order valence-corrected chi connectivity index (χ0v) is 12.3. The molecule has 0 aromatic heterocycles. The van der Waals surface area contributed by atoms with E-state index < -0.39 is 0 Å². The largest absolute Gasteiger partial charge is 0.374 e. The minimum absolute atomic E-state index is 0.000388. The van der Waals surface area contributed by atoms with E-state index in [0.717, 1.165) is 10.2 Å². The van der Waals surface area contributed by atoms with Gasteiger partial charge < -0.3 is 10.6 Å². The molecule has 1 amide bonds. The predicted molar refractivity (Wildman–Crippen MR) is 75.1 cm³/mol. The maximum absolute atomic E-state index is 11.8. The van der Waals surface area contributed by atoms with Crippen LogP contribution >= 0.6 is 15.9 Å². The molecule has 0 bridgehead atoms. The third kappa shape index (κ3) is 5.22. The van der Waals surface area contributed by atoms with Gasteiger partial charge in [0.05, 0.1) is 0 Å². The fourth-order valence-electron chi connectivity index (χ4n) is 1.34. The van der Waals surface area contributed by atoms with Gasteiger partial charge in [0.25, 0.3) is 0 Å². The highest BCUT2D eigenvalue weighted by Gasteiger charge is 2.18. The molecule has 1 rings (SSSR count). The maximum Gasteiger partial charge on any atom is 0.242 e. The average Bonchev–Trinajstić information content (AvgIpc) is 2.19. The van der Waals surface area contributed by atoms with Crippen LogP contribution in [0.15, 0.2) is 28.7 Å². The molecule has 17 heavy (non-hydrogen) atoms. The number of hydrogen-bond donors (Lipinski definition) is 2. The van der Waals surface area contributed by atoms with Crippen molar-refractivity contribution < 1.29 is 4.79 Å². The van der Waals surface area contributed by atoms with E-state index in [1.165, 1.54) is 0 Å². The topological polar surface area (TPSA) is 41.1 Å². The van der Waals surface area contributed by atoms with E-state index in [4.69, 9.17) is 0 Å². The van der Waals surface area contributed by atoms with Gasteiger partial charge in [-0.3, -0.25) is 4.79 Å². The summed E-state index contributed by atoms with van der Waals surface area (Å²) in [5.41, 5.74) is 0.733. The summed E-state index contributed by atoms with van der Waals surface area (Å²) in [7, 11) is 0. The average molecular weight is 299 g/mol. The predicted octanol–water partition coefficient (Wildman–Crippen LogP) is 3.16. The van der Waals surface area contributed by atoms with Crippen LogP contribution in [0.5, 0.6) is 0 Å². The molecule has 0 radical (unpaired) electrons. The number of nitrogens with one attached hydrogen (secondary N) is 2. The molecule has 1 atom stereocenters. The smallest absolute Gasteiger partial charge is 0.242 e. The van der Waals surface area contributed by atoms with Crippen molar-refractivity contribution in [1.29, 1.82) is 0 Å². The Bertz CT molecular complexity index is 381. The minimum atomic E-state index is -0.254. The zero-order valence-electron chi connectivity index (χ0n) is 10.7. The highest BCUT2D eigenvalue weighted by Crippen LogP contribution is 2.15. The minimum Gasteiger partial charge on any atom is -0.374 e. The van der Waals surface area contributed by atoms with Crippen LogP contribution in [0.4, 0.5) is 5.69 Å². The van der Waals surface area contributed by atoms with E-state index in [-0.39, 0.29) is 17.5 Å². The highest BCUT2D eigenvalue weighted by atomic mass is 79.9. The lowest BCUT2D eigenvalue weighted by Crippen LogP contribution is -2.47. The van der Waals surface area contributed by atoms with Crippen molar-refractivity contribution in [2.24, 2.45) is 0 Å². The second-order valence-electron chi connectivity index (χ2n) is 5.11. The lowest BCUT2D eigenvalue weighted by Gasteiger charge is -2.24. The van der Waals surface area contributed by atoms with E-state index in [2.05, 4.69) is 26.6 Å². The van der Waals surface area contributed by atoms with Crippen LogP contribution in [-0.2, 0) is 4.79 Å². The summed E-state index contributed by atoms with van der Waals surface area (Å²) in [6, 6.07) is 7.50. The molecular weight excluding hydrogens is 280 g/mol. The highest BCUT2D eigenvalue weighted by molar-refractivity contribution is 9.10. The van der Waals surface area contributed by atoms with Crippen molar-refractivity contribution in [3.8, 4) is 0 Å². The van der Waals surface area contributed by atoms with Crippen molar-refractivity contribution in [2.75, 3.05) is 5.32 Å². The van der Waals surface area contributed by atoms with Crippen molar-refractivity contribution in [1.82, 2.24) is 5.32 Å². The molecule has 0 aliphatic rings. The van der Waals surface area contributed by atoms with Crippen LogP contribution in [0, 0.1) is 0 Å². The monoisotopic (exact) mass is 298 g/mol. The van der Waals surface area contributed by atoms with E-state index in [9.17, 15) is 4.79 Å². The molecule has 2 N–H and O–H groups in total. The molecule has 0 aliphatic carbocycles. The Morgan fingerprint density at radius 3 is 2.24 bits per heavy atom. The normalized spacial score (nSPS) is 13.0. The first-order chi connectivity index (χ1) is 7.78. The van der Waals surface area contributed by atoms with Crippen molar-refractivity contribution in [2.45, 2.75) is 39.3 Å². The number of amides is 1. The molecule has 0 saturated carbocycles. The fourth-order valence-corrected chi connectivity index (χ4v) is 1.60. The quantitative estimate of drug-likeness (QED) is 0.900. The van der Waals surface area contributed by atoms with Crippen molar-refractivity contribution in [3.05, 3.63) is 28.7 Å². The number of halogens is 1. The standard InChI is InChI=1S/C13H19BrN2O/c1-9(12(17)16-13(2,3)4)15-11-7-5-10(14)6-8-11/h5-9,15H,1-4H3,(H,16,17)/t9-/m1/s1. The van der Waals surface area contributed by atoms with E-state index in [1.54, 1.807) is 0 Å². The van der Waals surface area contributed by atoms with Gasteiger partial charge in [-0.25, -0.2) is 0 Å². The fraction of sp³-hybridized carbons (Fsp3) is 0.462. The van der Waals surface area contributed by atoms with Gasteiger partial charge in [0.2, 0.25) is 5.91 Å². The first kappa shape index (κ1) is 14.0. The Morgan fingerprint density at radius 2 is 1.76 bits per heavy atom. The molecule has 0 spiro atoms. The second-order valence-corrected chi connectivity index (χ2v) is 6.03. The molecule has 0 heterocycles. The SMILES string of the molecule is C[C@@H](Nc1ccc(Br)cc1)C(=O)NC(C)(C)C. The molecule has 0 fully saturated rings. The molecule has 1 aromatic rings. The summed E-state index contributed by atoms with van der Waals surface area (Å²) in [4.78, 5) is 11.8. The Balaban J connectivity index is 2.57. The number of carbonyl (C=O) groups is 1. The Labute approximate surface area is 111 Å². The van der Waals surface area contributed by atoms with Gasteiger partial charge >= 0.3 is 0 Å². The first-order valence-corrected chi connectivity index (χ1v) is 6.41. The van der Waals surface area contributed by atoms with Crippen molar-refractivity contribution >= 4 is 27.5 Å². The van der Waals surface area contributed by atoms with Gasteiger partial charge in [-0.1, -0.05) is 15.9 Å². The Kier molecular flexibility index (Phi) is 4.57. The summed E-state index contributed by atoms with van der Waals surface area (Å²) < 4.78 is 1.02. The van der Waals surface area contributed by atoms with Crippen molar-refractivity contribution in [3.63, 3.8) is 0 Å². The van der Waals surface area contributed by atoms with E-state index in [1.807, 2.05) is 52.0 Å². The Morgan fingerprint density at radius 1 is 1.24 bits per heavy atom. The molecule has 0 unspecified atom stereocenters. The van der Waals surface area contributed by atoms with Gasteiger partial charge in [-0.05, 0) is 52.0 Å². The summed E-state index contributed by atoms with van der Waals surface area (Å²) in [5, 5.41) is 6.10. The molecule has 3 nitrogen and oxygen atoms in total. The van der Waals surface area contributed by atoms with E-state index in [0.29, 0.717) is 0 Å². The number of anilines is 1. The summed E-state index contributed by atoms with van der Waals surface area (Å²) in [6.45, 7) is 7.76. The third-order valence-electron chi connectivity index (χ3n) is 2.12. The summed E-state index contributed by atoms with van der Waals surface area (Å²) in [5.74, 6) is 0.000388. The van der Waals surface area contributed by atoms with Crippen LogP contribution in [0.25, 0.3) is 0 Å². The lowest BCUT2D eigenvalue weighted by atomic mass is 10.1. The van der Waals surface area contributed by atoms with Crippen LogP contribution < -0.4 is 10.6 Å². The molecular formula is C13H19BrN2O. The summed E-state index contributed by atoms with van der Waals surface area (Å²) >= 11 is 3.37. The first-order valence-electron chi connectivity index (χ1n) is 5.62. The van der Waals surface area contributed by atoms with Crippen LogP contribution in [0.1, 0.15) is 27.7 Å². The zero-order chi connectivity index (χ0) is 13.1. The van der Waals surface area contributed by atoms with Crippen LogP contribution in [-0.4, -0.2) is 17.5 Å². The third-order valence-corrected chi connectivity index (χ3v) is 2.65. The summed E-state index contributed by atoms with van der Waals surface area (Å²) in [6.07, 6.45) is 0. The number of benzene rings is 1. The molecule has 1 aromatic carbocycles. The van der Waals surface area contributed by atoms with Gasteiger partial charge in [0.1, 0.15) is 6.04 Å². The molecule has 94 valence electrons. The number of carbonyl (C=O) groups excluding carboxylic acids is 1. The second kappa shape index (κ2) is 5.54. The lowest BCUT2D eigenvalue weighted by molar-refractivity contribution is -0.122. The van der Waals surface area contributed by atoms with Crippen LogP contribution in [0.3, 0.4) is 0 Å². The van der Waals surface area contributed by atoms with Crippen LogP contribution in [0.2, 0.25) is 0 Å². The molecule has 0 saturated heterocycles. The van der Waals surface area contributed by atoms with Gasteiger partial charge in [-0.15, -0.1) is 0 Å². The van der Waals surface area contributed by atoms with Gasteiger partial charge in [0, 0.05) is 15.7 Å². The van der Waals surface area contributed by atoms with Gasteiger partial charge in [0.15, 0.2) is 0 Å². The maximum atomic E-state index is 11.8. The molecule has 0 aliphatic heterocycles. The Hall–Kier alpha value is -1.03. The number of hydrogen-bond acceptors (Lipinski definition) is 2.